The highest BCUT2D eigenvalue weighted by molar-refractivity contribution is 5.96. The van der Waals surface area contributed by atoms with Gasteiger partial charge < -0.3 is 16.4 Å². The average Bonchev–Trinajstić information content (AvgIpc) is 3.12. The normalized spacial score (nSPS) is 20.5. The van der Waals surface area contributed by atoms with Gasteiger partial charge in [-0.1, -0.05) is 36.4 Å². The number of amides is 2. The van der Waals surface area contributed by atoms with Crippen molar-refractivity contribution in [1.29, 1.82) is 0 Å². The molecule has 3 rings (SSSR count). The van der Waals surface area contributed by atoms with Gasteiger partial charge in [0.05, 0.1) is 6.04 Å². The molecule has 0 bridgehead atoms. The Kier molecular flexibility index (Phi) is 6.44. The lowest BCUT2D eigenvalue weighted by atomic mass is 9.89. The Morgan fingerprint density at radius 2 is 1.75 bits per heavy atom. The van der Waals surface area contributed by atoms with Crippen molar-refractivity contribution in [2.75, 3.05) is 30.3 Å². The first-order valence-electron chi connectivity index (χ1n) is 9.65. The molecule has 1 aliphatic rings. The Labute approximate surface area is 166 Å². The summed E-state index contributed by atoms with van der Waals surface area (Å²) in [6, 6.07) is 17.3. The molecular weight excluding hydrogens is 352 g/mol. The molecule has 0 aliphatic carbocycles. The minimum Gasteiger partial charge on any atom is -0.330 e. The molecule has 0 aromatic heterocycles. The second-order valence-electron chi connectivity index (χ2n) is 7.39. The highest BCUT2D eigenvalue weighted by atomic mass is 16.2. The molecule has 1 unspecified atom stereocenters. The lowest BCUT2D eigenvalue weighted by Gasteiger charge is -2.23. The molecule has 0 radical (unpaired) electrons. The van der Waals surface area contributed by atoms with Crippen LogP contribution in [0.25, 0.3) is 0 Å². The summed E-state index contributed by atoms with van der Waals surface area (Å²) < 4.78 is 0. The van der Waals surface area contributed by atoms with Crippen LogP contribution in [0, 0.1) is 5.92 Å². The molecule has 6 nitrogen and oxygen atoms in total. The predicted octanol–water partition coefficient (Wildman–Crippen LogP) is 2.65. The van der Waals surface area contributed by atoms with Gasteiger partial charge in [-0.2, -0.15) is 0 Å². The summed E-state index contributed by atoms with van der Waals surface area (Å²) in [4.78, 5) is 26.2. The van der Waals surface area contributed by atoms with E-state index in [1.165, 1.54) is 12.5 Å². The number of benzene rings is 2. The van der Waals surface area contributed by atoms with E-state index >= 15 is 0 Å². The maximum absolute atomic E-state index is 12.8. The number of hydrogen-bond donors (Lipinski definition) is 3. The average molecular weight is 380 g/mol. The fourth-order valence-corrected chi connectivity index (χ4v) is 3.83. The maximum atomic E-state index is 12.8. The molecule has 2 amide bonds. The smallest absolute Gasteiger partial charge is 0.241 e. The van der Waals surface area contributed by atoms with Crippen molar-refractivity contribution in [3.8, 4) is 0 Å². The topological polar surface area (TPSA) is 87.5 Å². The zero-order valence-corrected chi connectivity index (χ0v) is 16.4. The fourth-order valence-electron chi connectivity index (χ4n) is 3.83. The number of rotatable bonds is 6. The van der Waals surface area contributed by atoms with Crippen LogP contribution in [0.2, 0.25) is 0 Å². The number of nitrogens with two attached hydrogens (primary N) is 1. The second kappa shape index (κ2) is 8.99. The van der Waals surface area contributed by atoms with E-state index in [-0.39, 0.29) is 17.9 Å². The summed E-state index contributed by atoms with van der Waals surface area (Å²) >= 11 is 0. The molecule has 1 saturated heterocycles. The van der Waals surface area contributed by atoms with Crippen LogP contribution in [0.4, 0.5) is 11.4 Å². The first kappa shape index (κ1) is 20.0. The molecule has 1 heterocycles. The van der Waals surface area contributed by atoms with Crippen LogP contribution >= 0.6 is 0 Å². The van der Waals surface area contributed by atoms with E-state index in [0.717, 1.165) is 13.1 Å². The molecule has 0 spiro atoms. The van der Waals surface area contributed by atoms with Gasteiger partial charge in [-0.15, -0.1) is 0 Å². The standard InChI is InChI=1S/C22H28N4O2/c1-15(22(28)25-20-10-6-9-19(11-20)24-16(2)27)26-13-18(12-23)21(14-26)17-7-4-3-5-8-17/h3-11,15,18,21H,12-14,23H2,1-2H3,(H,24,27)(H,25,28)/t15?,18-,21+/m1/s1. The number of likely N-dealkylation sites (tertiary alicyclic amines) is 1. The lowest BCUT2D eigenvalue weighted by Crippen LogP contribution is -2.41. The van der Waals surface area contributed by atoms with Gasteiger partial charge in [0.1, 0.15) is 0 Å². The summed E-state index contributed by atoms with van der Waals surface area (Å²) in [5.74, 6) is 0.462. The Hall–Kier alpha value is -2.70. The third kappa shape index (κ3) is 4.77. The van der Waals surface area contributed by atoms with Crippen molar-refractivity contribution in [1.82, 2.24) is 4.90 Å². The molecule has 1 fully saturated rings. The first-order chi connectivity index (χ1) is 13.5. The Morgan fingerprint density at radius 3 is 2.39 bits per heavy atom. The molecule has 3 atom stereocenters. The number of carbonyl (C=O) groups excluding carboxylic acids is 2. The van der Waals surface area contributed by atoms with Crippen molar-refractivity contribution in [3.63, 3.8) is 0 Å². The minimum absolute atomic E-state index is 0.0653. The van der Waals surface area contributed by atoms with Gasteiger partial charge in [0.15, 0.2) is 0 Å². The number of hydrogen-bond acceptors (Lipinski definition) is 4. The van der Waals surface area contributed by atoms with Crippen LogP contribution in [0.5, 0.6) is 0 Å². The van der Waals surface area contributed by atoms with Gasteiger partial charge in [0, 0.05) is 37.3 Å². The van der Waals surface area contributed by atoms with Crippen LogP contribution in [0.15, 0.2) is 54.6 Å². The summed E-state index contributed by atoms with van der Waals surface area (Å²) in [5, 5.41) is 5.68. The minimum atomic E-state index is -0.271. The van der Waals surface area contributed by atoms with Crippen molar-refractivity contribution >= 4 is 23.2 Å². The number of anilines is 2. The molecule has 2 aromatic carbocycles. The van der Waals surface area contributed by atoms with Gasteiger partial charge in [-0.25, -0.2) is 0 Å². The van der Waals surface area contributed by atoms with Gasteiger partial charge in [-0.05, 0) is 43.1 Å². The zero-order valence-electron chi connectivity index (χ0n) is 16.4. The van der Waals surface area contributed by atoms with E-state index in [1.54, 1.807) is 18.2 Å². The van der Waals surface area contributed by atoms with E-state index < -0.39 is 0 Å². The van der Waals surface area contributed by atoms with Crippen LogP contribution in [-0.2, 0) is 9.59 Å². The van der Waals surface area contributed by atoms with E-state index in [2.05, 4.69) is 27.7 Å². The third-order valence-corrected chi connectivity index (χ3v) is 5.38. The van der Waals surface area contributed by atoms with Crippen molar-refractivity contribution < 1.29 is 9.59 Å². The Balaban J connectivity index is 1.66. The fraction of sp³-hybridized carbons (Fsp3) is 0.364. The summed E-state index contributed by atoms with van der Waals surface area (Å²) in [7, 11) is 0. The highest BCUT2D eigenvalue weighted by Crippen LogP contribution is 2.33. The number of nitrogens with zero attached hydrogens (tertiary/aromatic N) is 1. The molecule has 1 aliphatic heterocycles. The first-order valence-corrected chi connectivity index (χ1v) is 9.65. The van der Waals surface area contributed by atoms with Crippen molar-refractivity contribution in [3.05, 3.63) is 60.2 Å². The monoisotopic (exact) mass is 380 g/mol. The number of carbonyl (C=O) groups is 2. The van der Waals surface area contributed by atoms with Crippen LogP contribution in [0.1, 0.15) is 25.3 Å². The molecule has 28 heavy (non-hydrogen) atoms. The van der Waals surface area contributed by atoms with Gasteiger partial charge in [0.25, 0.3) is 0 Å². The van der Waals surface area contributed by atoms with E-state index in [0.29, 0.717) is 29.8 Å². The van der Waals surface area contributed by atoms with Gasteiger partial charge >= 0.3 is 0 Å². The predicted molar refractivity (Wildman–Crippen MR) is 112 cm³/mol. The quantitative estimate of drug-likeness (QED) is 0.719. The maximum Gasteiger partial charge on any atom is 0.241 e. The molecule has 0 saturated carbocycles. The van der Waals surface area contributed by atoms with Crippen molar-refractivity contribution in [2.24, 2.45) is 11.7 Å². The highest BCUT2D eigenvalue weighted by Gasteiger charge is 2.36. The summed E-state index contributed by atoms with van der Waals surface area (Å²) in [6.07, 6.45) is 0. The third-order valence-electron chi connectivity index (χ3n) is 5.38. The van der Waals surface area contributed by atoms with Crippen LogP contribution in [0.3, 0.4) is 0 Å². The molecule has 6 heteroatoms. The van der Waals surface area contributed by atoms with E-state index in [1.807, 2.05) is 31.2 Å². The lowest BCUT2D eigenvalue weighted by molar-refractivity contribution is -0.120. The van der Waals surface area contributed by atoms with E-state index in [9.17, 15) is 9.59 Å². The molecule has 4 N–H and O–H groups in total. The van der Waals surface area contributed by atoms with Crippen molar-refractivity contribution in [2.45, 2.75) is 25.8 Å². The molecule has 2 aromatic rings. The van der Waals surface area contributed by atoms with E-state index in [4.69, 9.17) is 5.73 Å². The second-order valence-corrected chi connectivity index (χ2v) is 7.39. The van der Waals surface area contributed by atoms with Gasteiger partial charge in [-0.3, -0.25) is 14.5 Å². The largest absolute Gasteiger partial charge is 0.330 e. The molecular formula is C22H28N4O2. The molecule has 148 valence electrons. The summed E-state index contributed by atoms with van der Waals surface area (Å²) in [6.45, 7) is 5.60. The van der Waals surface area contributed by atoms with Gasteiger partial charge in [0.2, 0.25) is 11.8 Å². The SMILES string of the molecule is CC(=O)Nc1cccc(NC(=O)C(C)N2C[C@@H](CN)[C@H](c3ccccc3)C2)c1. The number of nitrogens with one attached hydrogen (secondary N) is 2. The summed E-state index contributed by atoms with van der Waals surface area (Å²) in [5.41, 5.74) is 8.62. The van der Waals surface area contributed by atoms with Crippen LogP contribution < -0.4 is 16.4 Å². The van der Waals surface area contributed by atoms with Crippen LogP contribution in [-0.4, -0.2) is 42.4 Å². The Morgan fingerprint density at radius 1 is 1.07 bits per heavy atom. The Bertz CT molecular complexity index is 824. The zero-order chi connectivity index (χ0) is 20.1.